The summed E-state index contributed by atoms with van der Waals surface area (Å²) >= 11 is 6.09. The van der Waals surface area contributed by atoms with Crippen molar-refractivity contribution >= 4 is 22.5 Å². The lowest BCUT2D eigenvalue weighted by Crippen LogP contribution is -2.24. The van der Waals surface area contributed by atoms with Crippen molar-refractivity contribution < 1.29 is 0 Å². The third-order valence-corrected chi connectivity index (χ3v) is 3.64. The van der Waals surface area contributed by atoms with Gasteiger partial charge in [0.25, 0.3) is 0 Å². The zero-order chi connectivity index (χ0) is 11.1. The van der Waals surface area contributed by atoms with Crippen molar-refractivity contribution in [2.24, 2.45) is 0 Å². The molecule has 0 atom stereocenters. The number of rotatable bonds is 1. The molecule has 16 heavy (non-hydrogen) atoms. The van der Waals surface area contributed by atoms with Gasteiger partial charge in [0.1, 0.15) is 0 Å². The summed E-state index contributed by atoms with van der Waals surface area (Å²) in [6.07, 6.45) is 1.11. The van der Waals surface area contributed by atoms with Gasteiger partial charge in [0.05, 0.1) is 0 Å². The van der Waals surface area contributed by atoms with E-state index in [4.69, 9.17) is 11.6 Å². The predicted molar refractivity (Wildman–Crippen MR) is 68.0 cm³/mol. The number of nitrogens with one attached hydrogen (secondary N) is 1. The van der Waals surface area contributed by atoms with Crippen molar-refractivity contribution in [3.05, 3.63) is 34.5 Å². The summed E-state index contributed by atoms with van der Waals surface area (Å²) in [4.78, 5) is 0. The second kappa shape index (κ2) is 3.79. The van der Waals surface area contributed by atoms with Gasteiger partial charge in [0.15, 0.2) is 0 Å². The van der Waals surface area contributed by atoms with E-state index < -0.39 is 0 Å². The first-order chi connectivity index (χ1) is 7.81. The molecule has 2 heterocycles. The highest BCUT2D eigenvalue weighted by molar-refractivity contribution is 6.31. The Labute approximate surface area is 100 Å². The summed E-state index contributed by atoms with van der Waals surface area (Å²) in [5.74, 6) is 0. The zero-order valence-corrected chi connectivity index (χ0v) is 10.1. The Morgan fingerprint density at radius 2 is 2.31 bits per heavy atom. The number of hydrogen-bond donors (Lipinski definition) is 1. The summed E-state index contributed by atoms with van der Waals surface area (Å²) < 4.78 is 2.40. The number of aromatic nitrogens is 1. The van der Waals surface area contributed by atoms with Crippen LogP contribution in [-0.4, -0.2) is 11.1 Å². The molecule has 0 spiro atoms. The van der Waals surface area contributed by atoms with Crippen LogP contribution in [0.5, 0.6) is 0 Å². The van der Waals surface area contributed by atoms with Crippen LogP contribution in [0, 0.1) is 0 Å². The van der Waals surface area contributed by atoms with Gasteiger partial charge in [-0.1, -0.05) is 11.6 Å². The highest BCUT2D eigenvalue weighted by atomic mass is 35.5. The Morgan fingerprint density at radius 1 is 1.44 bits per heavy atom. The van der Waals surface area contributed by atoms with Crippen LogP contribution in [0.3, 0.4) is 0 Å². The second-order valence-electron chi connectivity index (χ2n) is 4.26. The van der Waals surface area contributed by atoms with Crippen LogP contribution in [0.1, 0.15) is 18.2 Å². The lowest BCUT2D eigenvalue weighted by Gasteiger charge is -2.16. The fourth-order valence-electron chi connectivity index (χ4n) is 2.71. The maximum Gasteiger partial charge on any atom is 0.0486 e. The number of nitrogens with zero attached hydrogens (tertiary/aromatic N) is 1. The van der Waals surface area contributed by atoms with Crippen LogP contribution in [0.2, 0.25) is 5.02 Å². The van der Waals surface area contributed by atoms with Gasteiger partial charge in [0, 0.05) is 34.7 Å². The number of fused-ring (bicyclic) bond motifs is 3. The Bertz CT molecular complexity index is 542. The first-order valence-electron chi connectivity index (χ1n) is 5.81. The first kappa shape index (κ1) is 10.2. The molecule has 0 aliphatic carbocycles. The van der Waals surface area contributed by atoms with Crippen LogP contribution < -0.4 is 5.32 Å². The Morgan fingerprint density at radius 3 is 3.12 bits per heavy atom. The quantitative estimate of drug-likeness (QED) is 0.803. The van der Waals surface area contributed by atoms with E-state index in [0.29, 0.717) is 0 Å². The van der Waals surface area contributed by atoms with Gasteiger partial charge in [-0.05, 0) is 43.7 Å². The number of benzene rings is 1. The van der Waals surface area contributed by atoms with Crippen LogP contribution in [0.15, 0.2) is 18.2 Å². The van der Waals surface area contributed by atoms with Gasteiger partial charge < -0.3 is 9.88 Å². The molecule has 84 valence electrons. The van der Waals surface area contributed by atoms with E-state index in [1.54, 1.807) is 0 Å². The molecule has 0 bridgehead atoms. The van der Waals surface area contributed by atoms with Gasteiger partial charge in [-0.25, -0.2) is 0 Å². The van der Waals surface area contributed by atoms with Crippen LogP contribution in [-0.2, 0) is 19.5 Å². The van der Waals surface area contributed by atoms with Gasteiger partial charge >= 0.3 is 0 Å². The molecule has 3 rings (SSSR count). The molecular weight excluding hydrogens is 220 g/mol. The average molecular weight is 235 g/mol. The lowest BCUT2D eigenvalue weighted by molar-refractivity contribution is 0.597. The Balaban J connectivity index is 2.37. The van der Waals surface area contributed by atoms with E-state index in [-0.39, 0.29) is 0 Å². The Hall–Kier alpha value is -0.990. The largest absolute Gasteiger partial charge is 0.343 e. The minimum Gasteiger partial charge on any atom is -0.343 e. The molecule has 0 unspecified atom stereocenters. The standard InChI is InChI=1S/C13H15ClN2/c1-2-16-12-4-3-9(14)7-11(12)10-5-6-15-8-13(10)16/h3-4,7,15H,2,5-6,8H2,1H3. The van der Waals surface area contributed by atoms with Crippen molar-refractivity contribution in [2.45, 2.75) is 26.4 Å². The minimum absolute atomic E-state index is 0.835. The molecule has 2 aromatic rings. The summed E-state index contributed by atoms with van der Waals surface area (Å²) in [6, 6.07) is 6.22. The molecule has 2 nitrogen and oxygen atoms in total. The SMILES string of the molecule is CCn1c2c(c3cc(Cl)ccc31)CCNC2. The fourth-order valence-corrected chi connectivity index (χ4v) is 2.88. The minimum atomic E-state index is 0.835. The molecular formula is C13H15ClN2. The molecule has 0 radical (unpaired) electrons. The molecule has 1 aliphatic heterocycles. The van der Waals surface area contributed by atoms with E-state index >= 15 is 0 Å². The average Bonchev–Trinajstić information content (AvgIpc) is 2.62. The Kier molecular flexibility index (Phi) is 2.41. The number of halogens is 1. The maximum absolute atomic E-state index is 6.09. The van der Waals surface area contributed by atoms with Crippen molar-refractivity contribution in [1.82, 2.24) is 9.88 Å². The molecule has 1 N–H and O–H groups in total. The van der Waals surface area contributed by atoms with Gasteiger partial charge in [-0.3, -0.25) is 0 Å². The third kappa shape index (κ3) is 1.37. The summed E-state index contributed by atoms with van der Waals surface area (Å²) in [6.45, 7) is 5.27. The maximum atomic E-state index is 6.09. The lowest BCUT2D eigenvalue weighted by atomic mass is 10.0. The molecule has 3 heteroatoms. The van der Waals surface area contributed by atoms with Crippen LogP contribution in [0.25, 0.3) is 10.9 Å². The normalized spacial score (nSPS) is 15.4. The van der Waals surface area contributed by atoms with Crippen LogP contribution in [0.4, 0.5) is 0 Å². The summed E-state index contributed by atoms with van der Waals surface area (Å²) in [5.41, 5.74) is 4.24. The molecule has 0 saturated carbocycles. The number of hydrogen-bond acceptors (Lipinski definition) is 1. The molecule has 1 aliphatic rings. The molecule has 1 aromatic carbocycles. The van der Waals surface area contributed by atoms with E-state index in [1.165, 1.54) is 22.2 Å². The number of aryl methyl sites for hydroxylation is 1. The van der Waals surface area contributed by atoms with Gasteiger partial charge in [-0.15, -0.1) is 0 Å². The smallest absolute Gasteiger partial charge is 0.0486 e. The van der Waals surface area contributed by atoms with Crippen LogP contribution >= 0.6 is 11.6 Å². The highest BCUT2D eigenvalue weighted by Gasteiger charge is 2.18. The van der Waals surface area contributed by atoms with Crippen molar-refractivity contribution in [2.75, 3.05) is 6.54 Å². The molecule has 0 saturated heterocycles. The fraction of sp³-hybridized carbons (Fsp3) is 0.385. The van der Waals surface area contributed by atoms with E-state index in [9.17, 15) is 0 Å². The van der Waals surface area contributed by atoms with Gasteiger partial charge in [0.2, 0.25) is 0 Å². The van der Waals surface area contributed by atoms with Crippen molar-refractivity contribution in [3.63, 3.8) is 0 Å². The predicted octanol–water partition coefficient (Wildman–Crippen LogP) is 2.96. The van der Waals surface area contributed by atoms with Gasteiger partial charge in [-0.2, -0.15) is 0 Å². The van der Waals surface area contributed by atoms with Crippen molar-refractivity contribution in [1.29, 1.82) is 0 Å². The van der Waals surface area contributed by atoms with E-state index in [1.807, 2.05) is 6.07 Å². The molecule has 0 fully saturated rings. The molecule has 0 amide bonds. The van der Waals surface area contributed by atoms with E-state index in [2.05, 4.69) is 28.9 Å². The monoisotopic (exact) mass is 234 g/mol. The highest BCUT2D eigenvalue weighted by Crippen LogP contribution is 2.30. The zero-order valence-electron chi connectivity index (χ0n) is 9.39. The third-order valence-electron chi connectivity index (χ3n) is 3.41. The van der Waals surface area contributed by atoms with Crippen molar-refractivity contribution in [3.8, 4) is 0 Å². The second-order valence-corrected chi connectivity index (χ2v) is 4.69. The summed E-state index contributed by atoms with van der Waals surface area (Å²) in [5, 5.41) is 5.61. The summed E-state index contributed by atoms with van der Waals surface area (Å²) in [7, 11) is 0. The van der Waals surface area contributed by atoms with E-state index in [0.717, 1.165) is 31.1 Å². The topological polar surface area (TPSA) is 17.0 Å². The molecule has 1 aromatic heterocycles. The first-order valence-corrected chi connectivity index (χ1v) is 6.19.